The van der Waals surface area contributed by atoms with E-state index in [-0.39, 0.29) is 6.04 Å². The first kappa shape index (κ1) is 16.1. The van der Waals surface area contributed by atoms with Gasteiger partial charge in [0.2, 0.25) is 5.89 Å². The summed E-state index contributed by atoms with van der Waals surface area (Å²) < 4.78 is 5.39. The highest BCUT2D eigenvalue weighted by Crippen LogP contribution is 2.24. The molecule has 1 saturated heterocycles. The van der Waals surface area contributed by atoms with E-state index in [0.717, 1.165) is 44.3 Å². The Morgan fingerprint density at radius 1 is 1.13 bits per heavy atom. The van der Waals surface area contributed by atoms with Crippen LogP contribution in [-0.4, -0.2) is 51.1 Å². The van der Waals surface area contributed by atoms with Crippen molar-refractivity contribution in [2.45, 2.75) is 39.3 Å². The van der Waals surface area contributed by atoms with Crippen molar-refractivity contribution in [1.29, 1.82) is 0 Å². The summed E-state index contributed by atoms with van der Waals surface area (Å²) in [7, 11) is 0. The number of hydrogen-bond acceptors (Lipinski definition) is 6. The summed E-state index contributed by atoms with van der Waals surface area (Å²) in [6.45, 7) is 10.5. The van der Waals surface area contributed by atoms with E-state index >= 15 is 0 Å². The summed E-state index contributed by atoms with van der Waals surface area (Å²) >= 11 is 0. The fourth-order valence-corrected chi connectivity index (χ4v) is 3.08. The molecule has 2 aromatic rings. The van der Waals surface area contributed by atoms with Crippen LogP contribution in [0.3, 0.4) is 0 Å². The van der Waals surface area contributed by atoms with Crippen molar-refractivity contribution >= 4 is 0 Å². The van der Waals surface area contributed by atoms with Crippen molar-refractivity contribution in [1.82, 2.24) is 24.9 Å². The van der Waals surface area contributed by atoms with E-state index in [9.17, 15) is 0 Å². The van der Waals surface area contributed by atoms with E-state index in [1.54, 1.807) is 0 Å². The Labute approximate surface area is 137 Å². The predicted molar refractivity (Wildman–Crippen MR) is 87.9 cm³/mol. The highest BCUT2D eigenvalue weighted by atomic mass is 16.5. The topological polar surface area (TPSA) is 58.3 Å². The van der Waals surface area contributed by atoms with Crippen molar-refractivity contribution in [2.75, 3.05) is 26.2 Å². The first-order valence-corrected chi connectivity index (χ1v) is 8.39. The number of hydrogen-bond donors (Lipinski definition) is 0. The third kappa shape index (κ3) is 3.59. The molecule has 0 unspecified atom stereocenters. The average Bonchev–Trinajstić information content (AvgIpc) is 3.10. The van der Waals surface area contributed by atoms with Crippen molar-refractivity contribution in [3.8, 4) is 0 Å². The maximum Gasteiger partial charge on any atom is 0.243 e. The van der Waals surface area contributed by atoms with Crippen molar-refractivity contribution in [3.05, 3.63) is 41.8 Å². The molecular weight excluding hydrogens is 290 g/mol. The molecule has 0 aromatic carbocycles. The minimum Gasteiger partial charge on any atom is -0.338 e. The van der Waals surface area contributed by atoms with Gasteiger partial charge in [-0.3, -0.25) is 14.8 Å². The second-order valence-electron chi connectivity index (χ2n) is 6.11. The van der Waals surface area contributed by atoms with Crippen LogP contribution in [0, 0.1) is 0 Å². The average molecular weight is 315 g/mol. The molecule has 1 aliphatic rings. The van der Waals surface area contributed by atoms with Crippen LogP contribution >= 0.6 is 0 Å². The summed E-state index contributed by atoms with van der Waals surface area (Å²) in [5, 5.41) is 4.00. The Kier molecular flexibility index (Phi) is 5.03. The SMILES string of the molecule is CCc1noc([C@H](C)N2CCN([C@H](C)c3cccnc3)CC2)n1. The lowest BCUT2D eigenvalue weighted by molar-refractivity contribution is 0.0677. The number of pyridine rings is 1. The molecule has 0 aliphatic carbocycles. The van der Waals surface area contributed by atoms with Gasteiger partial charge in [-0.05, 0) is 25.5 Å². The summed E-state index contributed by atoms with van der Waals surface area (Å²) in [5.41, 5.74) is 1.28. The third-order valence-corrected chi connectivity index (χ3v) is 4.77. The smallest absolute Gasteiger partial charge is 0.243 e. The van der Waals surface area contributed by atoms with Gasteiger partial charge in [-0.25, -0.2) is 0 Å². The number of aromatic nitrogens is 3. The number of aryl methyl sites for hydroxylation is 1. The Bertz CT molecular complexity index is 606. The van der Waals surface area contributed by atoms with Gasteiger partial charge in [-0.2, -0.15) is 4.98 Å². The molecule has 2 atom stereocenters. The molecule has 1 fully saturated rings. The lowest BCUT2D eigenvalue weighted by Crippen LogP contribution is -2.47. The molecule has 124 valence electrons. The zero-order valence-corrected chi connectivity index (χ0v) is 14.1. The van der Waals surface area contributed by atoms with E-state index in [1.807, 2.05) is 25.4 Å². The molecule has 0 amide bonds. The first-order valence-electron chi connectivity index (χ1n) is 8.39. The van der Waals surface area contributed by atoms with Crippen LogP contribution in [0.25, 0.3) is 0 Å². The quantitative estimate of drug-likeness (QED) is 0.845. The van der Waals surface area contributed by atoms with E-state index in [0.29, 0.717) is 6.04 Å². The Morgan fingerprint density at radius 2 is 1.83 bits per heavy atom. The molecule has 6 heteroatoms. The van der Waals surface area contributed by atoms with Gasteiger partial charge in [0.1, 0.15) is 0 Å². The van der Waals surface area contributed by atoms with Gasteiger partial charge in [0, 0.05) is 51.0 Å². The molecule has 2 aromatic heterocycles. The predicted octanol–water partition coefficient (Wildman–Crippen LogP) is 2.47. The van der Waals surface area contributed by atoms with E-state index in [1.165, 1.54) is 5.56 Å². The highest BCUT2D eigenvalue weighted by molar-refractivity contribution is 5.13. The monoisotopic (exact) mass is 315 g/mol. The van der Waals surface area contributed by atoms with Crippen LogP contribution in [0.2, 0.25) is 0 Å². The van der Waals surface area contributed by atoms with Crippen LogP contribution in [0.5, 0.6) is 0 Å². The Balaban J connectivity index is 1.57. The molecule has 1 aliphatic heterocycles. The van der Waals surface area contributed by atoms with E-state index in [4.69, 9.17) is 4.52 Å². The lowest BCUT2D eigenvalue weighted by atomic mass is 10.1. The van der Waals surface area contributed by atoms with Gasteiger partial charge in [-0.1, -0.05) is 18.1 Å². The fourth-order valence-electron chi connectivity index (χ4n) is 3.08. The number of rotatable bonds is 5. The lowest BCUT2D eigenvalue weighted by Gasteiger charge is -2.39. The minimum absolute atomic E-state index is 0.179. The van der Waals surface area contributed by atoms with Crippen LogP contribution in [0.1, 0.15) is 50.1 Å². The minimum atomic E-state index is 0.179. The zero-order valence-electron chi connectivity index (χ0n) is 14.1. The fraction of sp³-hybridized carbons (Fsp3) is 0.588. The molecule has 3 rings (SSSR count). The molecule has 23 heavy (non-hydrogen) atoms. The highest BCUT2D eigenvalue weighted by Gasteiger charge is 2.27. The summed E-state index contributed by atoms with van der Waals surface area (Å²) in [4.78, 5) is 13.6. The van der Waals surface area contributed by atoms with Crippen molar-refractivity contribution in [2.24, 2.45) is 0 Å². The molecule has 0 bridgehead atoms. The van der Waals surface area contributed by atoms with Gasteiger partial charge >= 0.3 is 0 Å². The van der Waals surface area contributed by atoms with Crippen LogP contribution in [0.15, 0.2) is 29.0 Å². The Morgan fingerprint density at radius 3 is 2.39 bits per heavy atom. The zero-order chi connectivity index (χ0) is 16.2. The van der Waals surface area contributed by atoms with E-state index < -0.39 is 0 Å². The molecule has 0 saturated carbocycles. The second kappa shape index (κ2) is 7.19. The third-order valence-electron chi connectivity index (χ3n) is 4.77. The van der Waals surface area contributed by atoms with Crippen LogP contribution in [-0.2, 0) is 6.42 Å². The molecule has 0 spiro atoms. The van der Waals surface area contributed by atoms with Crippen molar-refractivity contribution < 1.29 is 4.52 Å². The van der Waals surface area contributed by atoms with E-state index in [2.05, 4.69) is 44.8 Å². The second-order valence-corrected chi connectivity index (χ2v) is 6.11. The number of piperazine rings is 1. The summed E-state index contributed by atoms with van der Waals surface area (Å²) in [6.07, 6.45) is 4.60. The van der Waals surface area contributed by atoms with Crippen LogP contribution < -0.4 is 0 Å². The molecular formula is C17H25N5O. The van der Waals surface area contributed by atoms with Crippen LogP contribution in [0.4, 0.5) is 0 Å². The van der Waals surface area contributed by atoms with Gasteiger partial charge in [0.05, 0.1) is 6.04 Å². The first-order chi connectivity index (χ1) is 11.2. The number of nitrogens with zero attached hydrogens (tertiary/aromatic N) is 5. The van der Waals surface area contributed by atoms with Gasteiger partial charge in [0.15, 0.2) is 5.82 Å². The maximum absolute atomic E-state index is 5.39. The van der Waals surface area contributed by atoms with Crippen molar-refractivity contribution in [3.63, 3.8) is 0 Å². The van der Waals surface area contributed by atoms with Gasteiger partial charge < -0.3 is 4.52 Å². The standard InChI is InChI=1S/C17H25N5O/c1-4-16-19-17(23-20-16)14(3)22-10-8-21(9-11-22)13(2)15-6-5-7-18-12-15/h5-7,12-14H,4,8-11H2,1-3H3/t13-,14+/m1/s1. The molecule has 0 radical (unpaired) electrons. The summed E-state index contributed by atoms with van der Waals surface area (Å²) in [5.74, 6) is 1.52. The Hall–Kier alpha value is -1.79. The largest absolute Gasteiger partial charge is 0.338 e. The normalized spacial score (nSPS) is 19.6. The summed E-state index contributed by atoms with van der Waals surface area (Å²) in [6, 6.07) is 4.73. The van der Waals surface area contributed by atoms with Gasteiger partial charge in [0.25, 0.3) is 0 Å². The molecule has 6 nitrogen and oxygen atoms in total. The van der Waals surface area contributed by atoms with Gasteiger partial charge in [-0.15, -0.1) is 0 Å². The molecule has 3 heterocycles. The maximum atomic E-state index is 5.39. The molecule has 0 N–H and O–H groups in total.